The molecule has 90 valence electrons. The number of aromatic nitrogens is 1. The number of hydrogen-bond acceptors (Lipinski definition) is 1. The summed E-state index contributed by atoms with van der Waals surface area (Å²) < 4.78 is 0. The Morgan fingerprint density at radius 2 is 2.24 bits per heavy atom. The van der Waals surface area contributed by atoms with Crippen LogP contribution in [0.1, 0.15) is 24.8 Å². The van der Waals surface area contributed by atoms with E-state index in [-0.39, 0.29) is 0 Å². The number of nitrogens with two attached hydrogens (primary N) is 1. The van der Waals surface area contributed by atoms with Crippen LogP contribution >= 0.6 is 11.6 Å². The van der Waals surface area contributed by atoms with Crippen molar-refractivity contribution in [2.45, 2.75) is 31.7 Å². The molecule has 1 heterocycles. The second-order valence-electron chi connectivity index (χ2n) is 5.06. The average Bonchev–Trinajstić information content (AvgIpc) is 2.87. The first-order valence-corrected chi connectivity index (χ1v) is 6.63. The van der Waals surface area contributed by atoms with Gasteiger partial charge in [0.05, 0.1) is 0 Å². The lowest BCUT2D eigenvalue weighted by Gasteiger charge is -2.14. The number of hydrogen-bond donors (Lipinski definition) is 2. The topological polar surface area (TPSA) is 41.8 Å². The third-order valence-electron chi connectivity index (χ3n) is 3.93. The number of halogens is 1. The molecule has 0 bridgehead atoms. The number of H-pyrrole nitrogens is 1. The predicted octanol–water partition coefficient (Wildman–Crippen LogP) is 3.49. The molecule has 1 fully saturated rings. The Bertz CT molecular complexity index is 532. The van der Waals surface area contributed by atoms with Gasteiger partial charge in [-0.3, -0.25) is 0 Å². The Morgan fingerprint density at radius 1 is 1.35 bits per heavy atom. The molecule has 1 aromatic heterocycles. The summed E-state index contributed by atoms with van der Waals surface area (Å²) in [6, 6.07) is 6.42. The largest absolute Gasteiger partial charge is 0.361 e. The van der Waals surface area contributed by atoms with E-state index in [0.29, 0.717) is 12.0 Å². The van der Waals surface area contributed by atoms with Crippen LogP contribution in [0, 0.1) is 5.92 Å². The van der Waals surface area contributed by atoms with Crippen molar-refractivity contribution in [1.82, 2.24) is 4.98 Å². The molecule has 2 nitrogen and oxygen atoms in total. The normalized spacial score (nSPS) is 24.6. The van der Waals surface area contributed by atoms with Crippen molar-refractivity contribution in [2.24, 2.45) is 11.7 Å². The smallest absolute Gasteiger partial charge is 0.0471 e. The summed E-state index contributed by atoms with van der Waals surface area (Å²) in [6.45, 7) is 0. The summed E-state index contributed by atoms with van der Waals surface area (Å²) in [7, 11) is 0. The molecule has 1 aromatic carbocycles. The minimum absolute atomic E-state index is 0.382. The van der Waals surface area contributed by atoms with E-state index in [1.165, 1.54) is 30.2 Å². The van der Waals surface area contributed by atoms with E-state index in [2.05, 4.69) is 17.2 Å². The second-order valence-corrected chi connectivity index (χ2v) is 5.50. The Morgan fingerprint density at radius 3 is 3.00 bits per heavy atom. The zero-order valence-electron chi connectivity index (χ0n) is 9.75. The van der Waals surface area contributed by atoms with E-state index in [0.717, 1.165) is 17.0 Å². The molecule has 1 aliphatic rings. The first-order valence-electron chi connectivity index (χ1n) is 6.25. The van der Waals surface area contributed by atoms with Crippen LogP contribution in [0.2, 0.25) is 5.02 Å². The molecule has 2 aromatic rings. The first-order chi connectivity index (χ1) is 8.24. The SMILES string of the molecule is NC1CCCC1Cc1c[nH]c2cc(Cl)ccc12. The van der Waals surface area contributed by atoms with Crippen LogP contribution in [0.3, 0.4) is 0 Å². The van der Waals surface area contributed by atoms with Gasteiger partial charge >= 0.3 is 0 Å². The van der Waals surface area contributed by atoms with Crippen LogP contribution in [0.4, 0.5) is 0 Å². The molecular weight excluding hydrogens is 232 g/mol. The molecule has 0 aliphatic heterocycles. The maximum absolute atomic E-state index is 6.13. The van der Waals surface area contributed by atoms with Gasteiger partial charge in [0.25, 0.3) is 0 Å². The highest BCUT2D eigenvalue weighted by molar-refractivity contribution is 6.31. The standard InChI is InChI=1S/C14H17ClN2/c15-11-4-5-12-10(8-17-14(12)7-11)6-9-2-1-3-13(9)16/h4-5,7-9,13,17H,1-3,6,16H2. The van der Waals surface area contributed by atoms with E-state index in [1.807, 2.05) is 12.1 Å². The van der Waals surface area contributed by atoms with Crippen molar-refractivity contribution in [3.8, 4) is 0 Å². The monoisotopic (exact) mass is 248 g/mol. The van der Waals surface area contributed by atoms with E-state index in [1.54, 1.807) is 0 Å². The summed E-state index contributed by atoms with van der Waals surface area (Å²) >= 11 is 5.98. The van der Waals surface area contributed by atoms with Gasteiger partial charge in [-0.15, -0.1) is 0 Å². The fourth-order valence-corrected chi connectivity index (χ4v) is 3.10. The zero-order chi connectivity index (χ0) is 11.8. The van der Waals surface area contributed by atoms with Gasteiger partial charge in [-0.2, -0.15) is 0 Å². The summed E-state index contributed by atoms with van der Waals surface area (Å²) in [6.07, 6.45) is 6.91. The van der Waals surface area contributed by atoms with Crippen molar-refractivity contribution in [3.63, 3.8) is 0 Å². The highest BCUT2D eigenvalue weighted by Gasteiger charge is 2.24. The molecule has 1 saturated carbocycles. The first kappa shape index (κ1) is 11.1. The Labute approximate surface area is 106 Å². The maximum Gasteiger partial charge on any atom is 0.0471 e. The molecule has 17 heavy (non-hydrogen) atoms. The van der Waals surface area contributed by atoms with Crippen LogP contribution < -0.4 is 5.73 Å². The molecule has 0 spiro atoms. The molecule has 3 rings (SSSR count). The van der Waals surface area contributed by atoms with Gasteiger partial charge in [0.1, 0.15) is 0 Å². The summed E-state index contributed by atoms with van der Waals surface area (Å²) in [4.78, 5) is 3.29. The maximum atomic E-state index is 6.13. The van der Waals surface area contributed by atoms with E-state index in [4.69, 9.17) is 17.3 Å². The Kier molecular flexibility index (Phi) is 2.85. The molecule has 1 aliphatic carbocycles. The van der Waals surface area contributed by atoms with E-state index >= 15 is 0 Å². The Hall–Kier alpha value is -0.990. The lowest BCUT2D eigenvalue weighted by Crippen LogP contribution is -2.25. The number of aromatic amines is 1. The molecule has 2 unspecified atom stereocenters. The van der Waals surface area contributed by atoms with Gasteiger partial charge in [0.2, 0.25) is 0 Å². The van der Waals surface area contributed by atoms with E-state index in [9.17, 15) is 0 Å². The fraction of sp³-hybridized carbons (Fsp3) is 0.429. The molecule has 0 saturated heterocycles. The summed E-state index contributed by atoms with van der Waals surface area (Å²) in [5.41, 5.74) is 8.63. The number of nitrogens with one attached hydrogen (secondary N) is 1. The summed E-state index contributed by atoms with van der Waals surface area (Å²) in [5, 5.41) is 2.07. The van der Waals surface area contributed by atoms with Gasteiger partial charge in [-0.1, -0.05) is 24.1 Å². The lowest BCUT2D eigenvalue weighted by atomic mass is 9.95. The van der Waals surface area contributed by atoms with Gasteiger partial charge in [0.15, 0.2) is 0 Å². The van der Waals surface area contributed by atoms with Crippen molar-refractivity contribution < 1.29 is 0 Å². The summed E-state index contributed by atoms with van der Waals surface area (Å²) in [5.74, 6) is 0.643. The predicted molar refractivity (Wildman–Crippen MR) is 72.3 cm³/mol. The molecule has 0 radical (unpaired) electrons. The van der Waals surface area contributed by atoms with E-state index < -0.39 is 0 Å². The highest BCUT2D eigenvalue weighted by atomic mass is 35.5. The highest BCUT2D eigenvalue weighted by Crippen LogP contribution is 2.30. The van der Waals surface area contributed by atoms with Gasteiger partial charge in [-0.05, 0) is 42.9 Å². The van der Waals surface area contributed by atoms with Crippen molar-refractivity contribution in [1.29, 1.82) is 0 Å². The number of benzene rings is 1. The fourth-order valence-electron chi connectivity index (χ4n) is 2.93. The van der Waals surface area contributed by atoms with Crippen molar-refractivity contribution >= 4 is 22.5 Å². The molecule has 3 heteroatoms. The molecule has 3 N–H and O–H groups in total. The van der Waals surface area contributed by atoms with Gasteiger partial charge in [-0.25, -0.2) is 0 Å². The lowest BCUT2D eigenvalue weighted by molar-refractivity contribution is 0.480. The minimum Gasteiger partial charge on any atom is -0.361 e. The minimum atomic E-state index is 0.382. The van der Waals surface area contributed by atoms with Crippen LogP contribution in [0.15, 0.2) is 24.4 Å². The van der Waals surface area contributed by atoms with Gasteiger partial charge in [0, 0.05) is 28.2 Å². The van der Waals surface area contributed by atoms with Crippen LogP contribution in [-0.2, 0) is 6.42 Å². The van der Waals surface area contributed by atoms with Crippen molar-refractivity contribution in [2.75, 3.05) is 0 Å². The van der Waals surface area contributed by atoms with Crippen LogP contribution in [0.25, 0.3) is 10.9 Å². The second kappa shape index (κ2) is 4.35. The molecular formula is C14H17ClN2. The third kappa shape index (κ3) is 2.07. The Balaban J connectivity index is 1.90. The number of fused-ring (bicyclic) bond motifs is 1. The quantitative estimate of drug-likeness (QED) is 0.839. The molecule has 0 amide bonds. The number of rotatable bonds is 2. The zero-order valence-corrected chi connectivity index (χ0v) is 10.5. The third-order valence-corrected chi connectivity index (χ3v) is 4.16. The van der Waals surface area contributed by atoms with Crippen LogP contribution in [0.5, 0.6) is 0 Å². The van der Waals surface area contributed by atoms with Crippen LogP contribution in [-0.4, -0.2) is 11.0 Å². The molecule has 2 atom stereocenters. The van der Waals surface area contributed by atoms with Crippen molar-refractivity contribution in [3.05, 3.63) is 35.0 Å². The average molecular weight is 249 g/mol. The van der Waals surface area contributed by atoms with Gasteiger partial charge < -0.3 is 10.7 Å².